The summed E-state index contributed by atoms with van der Waals surface area (Å²) in [6, 6.07) is 15.7. The molecule has 0 fully saturated rings. The van der Waals surface area contributed by atoms with Crippen molar-refractivity contribution in [3.05, 3.63) is 70.3 Å². The van der Waals surface area contributed by atoms with Crippen molar-refractivity contribution >= 4 is 39.3 Å². The minimum absolute atomic E-state index is 0.00625. The number of anilines is 2. The van der Waals surface area contributed by atoms with Gasteiger partial charge >= 0.3 is 0 Å². The second kappa shape index (κ2) is 9.07. The maximum Gasteiger partial charge on any atom is 0.270 e. The molecule has 1 aromatic heterocycles. The van der Waals surface area contributed by atoms with E-state index in [1.54, 1.807) is 12.1 Å². The highest BCUT2D eigenvalue weighted by molar-refractivity contribution is 7.20. The first-order valence-corrected chi connectivity index (χ1v) is 9.66. The van der Waals surface area contributed by atoms with E-state index in [-0.39, 0.29) is 17.5 Å². The van der Waals surface area contributed by atoms with Gasteiger partial charge in [-0.25, -0.2) is 4.98 Å². The molecule has 0 radical (unpaired) electrons. The lowest BCUT2D eigenvalue weighted by Crippen LogP contribution is -2.17. The number of nitro benzene ring substituents is 1. The van der Waals surface area contributed by atoms with Gasteiger partial charge in [0.1, 0.15) is 10.7 Å². The third-order valence-electron chi connectivity index (χ3n) is 3.89. The minimum Gasteiger partial charge on any atom is -0.316 e. The molecule has 0 saturated carbocycles. The van der Waals surface area contributed by atoms with Gasteiger partial charge in [0.2, 0.25) is 11.0 Å². The molecule has 0 saturated heterocycles. The molecule has 0 bridgehead atoms. The van der Waals surface area contributed by atoms with Gasteiger partial charge in [0.05, 0.1) is 11.1 Å². The van der Waals surface area contributed by atoms with Gasteiger partial charge in [-0.1, -0.05) is 67.6 Å². The van der Waals surface area contributed by atoms with Gasteiger partial charge in [-0.2, -0.15) is 5.10 Å². The molecule has 3 rings (SSSR count). The second-order valence-corrected chi connectivity index (χ2v) is 7.43. The summed E-state index contributed by atoms with van der Waals surface area (Å²) in [6.07, 6.45) is 1.48. The SMILES string of the molecule is CC(C)C(=O)Nc1sc(NN=Cc2cccc([N+](=O)[O-])c2)nc1-c1ccccc1. The van der Waals surface area contributed by atoms with Crippen LogP contribution in [0, 0.1) is 16.0 Å². The van der Waals surface area contributed by atoms with E-state index >= 15 is 0 Å². The Labute approximate surface area is 171 Å². The molecular formula is C20H19N5O3S. The van der Waals surface area contributed by atoms with Crippen LogP contribution >= 0.6 is 11.3 Å². The van der Waals surface area contributed by atoms with Crippen LogP contribution in [0.5, 0.6) is 0 Å². The highest BCUT2D eigenvalue weighted by atomic mass is 32.1. The molecule has 0 unspecified atom stereocenters. The van der Waals surface area contributed by atoms with Crippen molar-refractivity contribution in [2.45, 2.75) is 13.8 Å². The van der Waals surface area contributed by atoms with E-state index in [0.717, 1.165) is 5.56 Å². The zero-order chi connectivity index (χ0) is 20.8. The fraction of sp³-hybridized carbons (Fsp3) is 0.150. The van der Waals surface area contributed by atoms with Crippen molar-refractivity contribution in [2.75, 3.05) is 10.7 Å². The molecule has 2 N–H and O–H groups in total. The number of carbonyl (C=O) groups excluding carboxylic acids is 1. The molecule has 29 heavy (non-hydrogen) atoms. The third-order valence-corrected chi connectivity index (χ3v) is 4.77. The summed E-state index contributed by atoms with van der Waals surface area (Å²) in [5.41, 5.74) is 4.93. The maximum atomic E-state index is 12.2. The Morgan fingerprint density at radius 2 is 1.97 bits per heavy atom. The van der Waals surface area contributed by atoms with Crippen LogP contribution in [0.4, 0.5) is 15.8 Å². The molecule has 148 valence electrons. The van der Waals surface area contributed by atoms with Crippen molar-refractivity contribution in [3.63, 3.8) is 0 Å². The van der Waals surface area contributed by atoms with Gasteiger partial charge in [0.15, 0.2) is 0 Å². The summed E-state index contributed by atoms with van der Waals surface area (Å²) < 4.78 is 0. The molecule has 1 amide bonds. The summed E-state index contributed by atoms with van der Waals surface area (Å²) in [6.45, 7) is 3.64. The maximum absolute atomic E-state index is 12.2. The van der Waals surface area contributed by atoms with Crippen molar-refractivity contribution in [1.29, 1.82) is 0 Å². The van der Waals surface area contributed by atoms with Crippen LogP contribution in [0.1, 0.15) is 19.4 Å². The Hall–Kier alpha value is -3.59. The van der Waals surface area contributed by atoms with Crippen molar-refractivity contribution < 1.29 is 9.72 Å². The first-order chi connectivity index (χ1) is 13.9. The average Bonchev–Trinajstić information content (AvgIpc) is 3.11. The molecule has 0 atom stereocenters. The number of thiazole rings is 1. The Balaban J connectivity index is 1.82. The first kappa shape index (κ1) is 20.2. The fourth-order valence-electron chi connectivity index (χ4n) is 2.38. The van der Waals surface area contributed by atoms with E-state index in [9.17, 15) is 14.9 Å². The zero-order valence-corrected chi connectivity index (χ0v) is 16.6. The summed E-state index contributed by atoms with van der Waals surface area (Å²) in [5.74, 6) is -0.262. The number of nitro groups is 1. The van der Waals surface area contributed by atoms with Gasteiger partial charge < -0.3 is 5.32 Å². The molecular weight excluding hydrogens is 390 g/mol. The number of non-ortho nitro benzene ring substituents is 1. The number of carbonyl (C=O) groups is 1. The van der Waals surface area contributed by atoms with E-state index in [1.165, 1.54) is 29.7 Å². The highest BCUT2D eigenvalue weighted by Gasteiger charge is 2.17. The quantitative estimate of drug-likeness (QED) is 0.332. The minimum atomic E-state index is -0.457. The van der Waals surface area contributed by atoms with Crippen molar-refractivity contribution in [3.8, 4) is 11.3 Å². The topological polar surface area (TPSA) is 110 Å². The number of benzene rings is 2. The third kappa shape index (κ3) is 5.23. The van der Waals surface area contributed by atoms with Crippen LogP contribution in [-0.2, 0) is 4.79 Å². The number of hydrogen-bond acceptors (Lipinski definition) is 7. The van der Waals surface area contributed by atoms with Crippen LogP contribution < -0.4 is 10.7 Å². The molecule has 8 nitrogen and oxygen atoms in total. The summed E-state index contributed by atoms with van der Waals surface area (Å²) in [7, 11) is 0. The number of rotatable bonds is 7. The highest BCUT2D eigenvalue weighted by Crippen LogP contribution is 2.36. The van der Waals surface area contributed by atoms with Crippen LogP contribution in [0.25, 0.3) is 11.3 Å². The van der Waals surface area contributed by atoms with Gasteiger partial charge in [-0.05, 0) is 0 Å². The van der Waals surface area contributed by atoms with Crippen LogP contribution in [0.3, 0.4) is 0 Å². The Morgan fingerprint density at radius 1 is 1.21 bits per heavy atom. The lowest BCUT2D eigenvalue weighted by Gasteiger charge is -2.07. The largest absolute Gasteiger partial charge is 0.316 e. The van der Waals surface area contributed by atoms with Crippen molar-refractivity contribution in [1.82, 2.24) is 4.98 Å². The van der Waals surface area contributed by atoms with E-state index in [0.29, 0.717) is 21.4 Å². The molecule has 2 aromatic carbocycles. The second-order valence-electron chi connectivity index (χ2n) is 6.43. The van der Waals surface area contributed by atoms with E-state index < -0.39 is 4.92 Å². The van der Waals surface area contributed by atoms with Gasteiger partial charge in [0, 0.05) is 29.2 Å². The molecule has 3 aromatic rings. The van der Waals surface area contributed by atoms with Gasteiger partial charge in [-0.15, -0.1) is 0 Å². The average molecular weight is 409 g/mol. The zero-order valence-electron chi connectivity index (χ0n) is 15.8. The molecule has 0 spiro atoms. The summed E-state index contributed by atoms with van der Waals surface area (Å²) in [4.78, 5) is 27.1. The molecule has 9 heteroatoms. The lowest BCUT2D eigenvalue weighted by molar-refractivity contribution is -0.384. The number of hydrazone groups is 1. The van der Waals surface area contributed by atoms with Crippen LogP contribution in [0.15, 0.2) is 59.7 Å². The predicted molar refractivity (Wildman–Crippen MR) is 115 cm³/mol. The molecule has 1 heterocycles. The monoisotopic (exact) mass is 409 g/mol. The van der Waals surface area contributed by atoms with Crippen LogP contribution in [0.2, 0.25) is 0 Å². The number of nitrogens with one attached hydrogen (secondary N) is 2. The van der Waals surface area contributed by atoms with Crippen molar-refractivity contribution in [2.24, 2.45) is 11.0 Å². The smallest absolute Gasteiger partial charge is 0.270 e. The lowest BCUT2D eigenvalue weighted by atomic mass is 10.1. The normalized spacial score (nSPS) is 11.0. The number of amides is 1. The molecule has 0 aliphatic rings. The first-order valence-electron chi connectivity index (χ1n) is 8.84. The Morgan fingerprint density at radius 3 is 2.66 bits per heavy atom. The fourth-order valence-corrected chi connectivity index (χ4v) is 3.22. The molecule has 0 aliphatic heterocycles. The van der Waals surface area contributed by atoms with E-state index in [1.807, 2.05) is 44.2 Å². The van der Waals surface area contributed by atoms with E-state index in [2.05, 4.69) is 20.8 Å². The summed E-state index contributed by atoms with van der Waals surface area (Å²) >= 11 is 1.27. The van der Waals surface area contributed by atoms with Crippen LogP contribution in [-0.4, -0.2) is 22.0 Å². The molecule has 0 aliphatic carbocycles. The number of hydrogen-bond donors (Lipinski definition) is 2. The van der Waals surface area contributed by atoms with Gasteiger partial charge in [0.25, 0.3) is 5.69 Å². The predicted octanol–water partition coefficient (Wildman–Crippen LogP) is 4.76. The number of nitrogens with zero attached hydrogens (tertiary/aromatic N) is 3. The Bertz CT molecular complexity index is 1050. The summed E-state index contributed by atoms with van der Waals surface area (Å²) in [5, 5.41) is 19.0. The Kier molecular flexibility index (Phi) is 6.30. The van der Waals surface area contributed by atoms with E-state index in [4.69, 9.17) is 0 Å². The standard InChI is InChI=1S/C20H19N5O3S/c1-13(2)18(26)23-19-17(15-8-4-3-5-9-15)22-20(29-19)24-21-12-14-7-6-10-16(11-14)25(27)28/h3-13H,1-2H3,(H,22,24)(H,23,26). The number of aromatic nitrogens is 1. The van der Waals surface area contributed by atoms with Gasteiger partial charge in [-0.3, -0.25) is 20.3 Å².